The van der Waals surface area contributed by atoms with Crippen LogP contribution in [-0.2, 0) is 0 Å². The molecule has 0 saturated heterocycles. The first-order valence-corrected chi connectivity index (χ1v) is 6.95. The summed E-state index contributed by atoms with van der Waals surface area (Å²) in [5, 5.41) is 12.4. The second kappa shape index (κ2) is 7.12. The quantitative estimate of drug-likeness (QED) is 0.784. The van der Waals surface area contributed by atoms with Gasteiger partial charge in [-0.15, -0.1) is 0 Å². The van der Waals surface area contributed by atoms with Crippen LogP contribution >= 0.6 is 0 Å². The maximum Gasteiger partial charge on any atom is 0.335 e. The highest BCUT2D eigenvalue weighted by molar-refractivity contribution is 5.88. The molecule has 1 aromatic rings. The number of aromatic carboxylic acids is 1. The van der Waals surface area contributed by atoms with Gasteiger partial charge in [0.05, 0.1) is 5.56 Å². The lowest BCUT2D eigenvalue weighted by Crippen LogP contribution is -2.17. The van der Waals surface area contributed by atoms with Gasteiger partial charge in [0.25, 0.3) is 0 Å². The maximum absolute atomic E-state index is 11.1. The van der Waals surface area contributed by atoms with Gasteiger partial charge in [-0.2, -0.15) is 0 Å². The Bertz CT molecular complexity index is 430. The summed E-state index contributed by atoms with van der Waals surface area (Å²) in [4.78, 5) is 15.6. The second-order valence-corrected chi connectivity index (χ2v) is 5.31. The van der Waals surface area contributed by atoms with Crippen LogP contribution < -0.4 is 5.32 Å². The zero-order chi connectivity index (χ0) is 14.4. The number of aromatic nitrogens is 1. The number of nitrogens with zero attached hydrogens (tertiary/aromatic N) is 1. The predicted octanol–water partition coefficient (Wildman–Crippen LogP) is 3.89. The first-order valence-electron chi connectivity index (χ1n) is 6.95. The van der Waals surface area contributed by atoms with Gasteiger partial charge in [0, 0.05) is 11.7 Å². The van der Waals surface area contributed by atoms with Gasteiger partial charge in [-0.3, -0.25) is 0 Å². The van der Waals surface area contributed by atoms with Gasteiger partial charge < -0.3 is 10.4 Å². The molecule has 0 aromatic carbocycles. The molecule has 0 saturated carbocycles. The summed E-state index contributed by atoms with van der Waals surface area (Å²) < 4.78 is 0. The van der Waals surface area contributed by atoms with E-state index < -0.39 is 5.97 Å². The van der Waals surface area contributed by atoms with Crippen LogP contribution in [0.25, 0.3) is 0 Å². The standard InChI is InChI=1S/C15H24N2O2/c1-5-6-7-11(4)16-14-9-12(15(18)19)8-13(17-14)10(2)3/h8-11H,5-7H2,1-4H3,(H,16,17)(H,18,19). The minimum atomic E-state index is -0.909. The Morgan fingerprint density at radius 1 is 1.37 bits per heavy atom. The lowest BCUT2D eigenvalue weighted by atomic mass is 10.1. The summed E-state index contributed by atoms with van der Waals surface area (Å²) in [5.41, 5.74) is 1.11. The van der Waals surface area contributed by atoms with E-state index in [1.54, 1.807) is 12.1 Å². The van der Waals surface area contributed by atoms with Crippen LogP contribution in [0.5, 0.6) is 0 Å². The van der Waals surface area contributed by atoms with E-state index in [0.29, 0.717) is 17.4 Å². The van der Waals surface area contributed by atoms with Gasteiger partial charge in [0.1, 0.15) is 5.82 Å². The molecule has 1 heterocycles. The van der Waals surface area contributed by atoms with Crippen LogP contribution in [-0.4, -0.2) is 22.1 Å². The summed E-state index contributed by atoms with van der Waals surface area (Å²) in [5.74, 6) is -0.0356. The van der Waals surface area contributed by atoms with E-state index >= 15 is 0 Å². The Morgan fingerprint density at radius 2 is 2.05 bits per heavy atom. The molecular weight excluding hydrogens is 240 g/mol. The molecule has 4 heteroatoms. The van der Waals surface area contributed by atoms with E-state index in [9.17, 15) is 4.79 Å². The number of carboxylic acids is 1. The van der Waals surface area contributed by atoms with Crippen molar-refractivity contribution in [2.45, 2.75) is 58.9 Å². The zero-order valence-electron chi connectivity index (χ0n) is 12.2. The van der Waals surface area contributed by atoms with Gasteiger partial charge in [0.2, 0.25) is 0 Å². The monoisotopic (exact) mass is 264 g/mol. The Balaban J connectivity index is 2.90. The van der Waals surface area contributed by atoms with Crippen molar-refractivity contribution < 1.29 is 9.90 Å². The highest BCUT2D eigenvalue weighted by Crippen LogP contribution is 2.19. The molecule has 0 aliphatic rings. The molecular formula is C15H24N2O2. The molecule has 1 aromatic heterocycles. The molecule has 2 N–H and O–H groups in total. The Kier molecular flexibility index (Phi) is 5.80. The Morgan fingerprint density at radius 3 is 2.58 bits per heavy atom. The minimum Gasteiger partial charge on any atom is -0.478 e. The first-order chi connectivity index (χ1) is 8.93. The molecule has 4 nitrogen and oxygen atoms in total. The highest BCUT2D eigenvalue weighted by atomic mass is 16.4. The topological polar surface area (TPSA) is 62.2 Å². The summed E-state index contributed by atoms with van der Waals surface area (Å²) in [6.45, 7) is 8.28. The smallest absolute Gasteiger partial charge is 0.335 e. The normalized spacial score (nSPS) is 12.5. The Labute approximate surface area is 115 Å². The van der Waals surface area contributed by atoms with Crippen LogP contribution in [0.2, 0.25) is 0 Å². The molecule has 1 rings (SSSR count). The highest BCUT2D eigenvalue weighted by Gasteiger charge is 2.12. The van der Waals surface area contributed by atoms with Gasteiger partial charge in [-0.05, 0) is 31.4 Å². The van der Waals surface area contributed by atoms with Crippen molar-refractivity contribution in [2.24, 2.45) is 0 Å². The summed E-state index contributed by atoms with van der Waals surface area (Å²) in [7, 11) is 0. The summed E-state index contributed by atoms with van der Waals surface area (Å²) >= 11 is 0. The number of unbranched alkanes of at least 4 members (excludes halogenated alkanes) is 1. The average molecular weight is 264 g/mol. The number of rotatable bonds is 7. The summed E-state index contributed by atoms with van der Waals surface area (Å²) in [6, 6.07) is 3.56. The number of hydrogen-bond donors (Lipinski definition) is 2. The maximum atomic E-state index is 11.1. The molecule has 0 radical (unpaired) electrons. The van der Waals surface area contributed by atoms with E-state index in [2.05, 4.69) is 24.1 Å². The first kappa shape index (κ1) is 15.5. The molecule has 19 heavy (non-hydrogen) atoms. The Hall–Kier alpha value is -1.58. The fourth-order valence-electron chi connectivity index (χ4n) is 1.88. The van der Waals surface area contributed by atoms with Gasteiger partial charge in [-0.25, -0.2) is 9.78 Å². The average Bonchev–Trinajstić information content (AvgIpc) is 2.35. The number of pyridine rings is 1. The number of carbonyl (C=O) groups is 1. The summed E-state index contributed by atoms with van der Waals surface area (Å²) in [6.07, 6.45) is 3.38. The van der Waals surface area contributed by atoms with Crippen LogP contribution in [0, 0.1) is 0 Å². The van der Waals surface area contributed by atoms with Crippen LogP contribution in [0.1, 0.15) is 68.9 Å². The number of hydrogen-bond acceptors (Lipinski definition) is 3. The van der Waals surface area contributed by atoms with Crippen molar-refractivity contribution in [2.75, 3.05) is 5.32 Å². The van der Waals surface area contributed by atoms with E-state index in [1.165, 1.54) is 0 Å². The fraction of sp³-hybridized carbons (Fsp3) is 0.600. The van der Waals surface area contributed by atoms with Crippen molar-refractivity contribution in [3.8, 4) is 0 Å². The third kappa shape index (κ3) is 4.89. The molecule has 106 valence electrons. The molecule has 0 aliphatic heterocycles. The molecule has 0 aliphatic carbocycles. The molecule has 0 amide bonds. The largest absolute Gasteiger partial charge is 0.478 e. The van der Waals surface area contributed by atoms with Crippen LogP contribution in [0.4, 0.5) is 5.82 Å². The zero-order valence-corrected chi connectivity index (χ0v) is 12.2. The molecule has 1 unspecified atom stereocenters. The number of carboxylic acid groups (broad SMARTS) is 1. The van der Waals surface area contributed by atoms with Gasteiger partial charge in [0.15, 0.2) is 0 Å². The third-order valence-corrected chi connectivity index (χ3v) is 3.07. The second-order valence-electron chi connectivity index (χ2n) is 5.31. The van der Waals surface area contributed by atoms with E-state index in [0.717, 1.165) is 25.0 Å². The SMILES string of the molecule is CCCCC(C)Nc1cc(C(=O)O)cc(C(C)C)n1. The minimum absolute atomic E-state index is 0.214. The van der Waals surface area contributed by atoms with E-state index in [1.807, 2.05) is 13.8 Å². The molecule has 0 fully saturated rings. The lowest BCUT2D eigenvalue weighted by Gasteiger charge is -2.16. The van der Waals surface area contributed by atoms with Crippen molar-refractivity contribution in [1.82, 2.24) is 4.98 Å². The fourth-order valence-corrected chi connectivity index (χ4v) is 1.88. The predicted molar refractivity (Wildman–Crippen MR) is 77.9 cm³/mol. The number of anilines is 1. The van der Waals surface area contributed by atoms with Crippen LogP contribution in [0.15, 0.2) is 12.1 Å². The van der Waals surface area contributed by atoms with Crippen molar-refractivity contribution in [1.29, 1.82) is 0 Å². The molecule has 0 spiro atoms. The van der Waals surface area contributed by atoms with E-state index in [4.69, 9.17) is 5.11 Å². The van der Waals surface area contributed by atoms with Gasteiger partial charge >= 0.3 is 5.97 Å². The van der Waals surface area contributed by atoms with Crippen LogP contribution in [0.3, 0.4) is 0 Å². The number of nitrogens with one attached hydrogen (secondary N) is 1. The van der Waals surface area contributed by atoms with Crippen molar-refractivity contribution >= 4 is 11.8 Å². The molecule has 1 atom stereocenters. The molecule has 0 bridgehead atoms. The van der Waals surface area contributed by atoms with E-state index in [-0.39, 0.29) is 5.92 Å². The third-order valence-electron chi connectivity index (χ3n) is 3.07. The van der Waals surface area contributed by atoms with Gasteiger partial charge in [-0.1, -0.05) is 33.6 Å². The van der Waals surface area contributed by atoms with Crippen molar-refractivity contribution in [3.05, 3.63) is 23.4 Å². The van der Waals surface area contributed by atoms with Crippen molar-refractivity contribution in [3.63, 3.8) is 0 Å². The lowest BCUT2D eigenvalue weighted by molar-refractivity contribution is 0.0696.